The zero-order chi connectivity index (χ0) is 15.7. The average Bonchev–Trinajstić information content (AvgIpc) is 2.42. The summed E-state index contributed by atoms with van der Waals surface area (Å²) in [5, 5.41) is 12.6. The Hall–Kier alpha value is -2.48. The number of nitro benzene ring substituents is 1. The zero-order valence-corrected chi connectivity index (χ0v) is 11.6. The van der Waals surface area contributed by atoms with Crippen molar-refractivity contribution in [2.24, 2.45) is 0 Å². The number of halogens is 1. The summed E-state index contributed by atoms with van der Waals surface area (Å²) >= 11 is 5.86. The molecule has 0 aromatic heterocycles. The number of carbonyl (C=O) groups is 3. The summed E-state index contributed by atoms with van der Waals surface area (Å²) in [5.41, 5.74) is -0.539. The highest BCUT2D eigenvalue weighted by Gasteiger charge is 2.35. The van der Waals surface area contributed by atoms with E-state index < -0.39 is 34.4 Å². The quantitative estimate of drug-likeness (QED) is 0.492. The normalized spacial score (nSPS) is 18.4. The molecule has 1 saturated heterocycles. The van der Waals surface area contributed by atoms with Gasteiger partial charge in [0.05, 0.1) is 10.5 Å². The first-order valence-corrected chi connectivity index (χ1v) is 6.28. The number of hydrogen-bond donors (Lipinski definition) is 1. The van der Waals surface area contributed by atoms with E-state index in [4.69, 9.17) is 11.6 Å². The van der Waals surface area contributed by atoms with Gasteiger partial charge in [-0.25, -0.2) is 0 Å². The molecule has 0 spiro atoms. The molecule has 0 aliphatic carbocycles. The van der Waals surface area contributed by atoms with E-state index in [-0.39, 0.29) is 17.1 Å². The molecule has 1 heterocycles. The smallest absolute Gasteiger partial charge is 0.288 e. The van der Waals surface area contributed by atoms with E-state index in [9.17, 15) is 24.5 Å². The highest BCUT2D eigenvalue weighted by Crippen LogP contribution is 2.29. The van der Waals surface area contributed by atoms with Gasteiger partial charge in [0.1, 0.15) is 17.6 Å². The molecule has 110 valence electrons. The molecule has 0 bridgehead atoms. The summed E-state index contributed by atoms with van der Waals surface area (Å²) in [6.45, 7) is 1.13. The van der Waals surface area contributed by atoms with Gasteiger partial charge in [-0.05, 0) is 13.0 Å². The SMILES string of the molecule is CC1C(=O)NC(=O)CN1C(=O)c1cccc([N+](=O)[O-])c1Cl. The molecule has 2 rings (SSSR count). The Balaban J connectivity index is 2.40. The molecular formula is C12H10ClN3O5. The highest BCUT2D eigenvalue weighted by molar-refractivity contribution is 6.36. The molecule has 0 radical (unpaired) electrons. The summed E-state index contributed by atoms with van der Waals surface area (Å²) in [5.74, 6) is -1.94. The third-order valence-corrected chi connectivity index (χ3v) is 3.49. The largest absolute Gasteiger partial charge is 0.318 e. The zero-order valence-electron chi connectivity index (χ0n) is 10.8. The predicted octanol–water partition coefficient (Wildman–Crippen LogP) is 0.735. The Kier molecular flexibility index (Phi) is 3.90. The van der Waals surface area contributed by atoms with Gasteiger partial charge in [-0.2, -0.15) is 0 Å². The first-order valence-electron chi connectivity index (χ1n) is 5.90. The summed E-state index contributed by atoms with van der Waals surface area (Å²) in [6, 6.07) is 2.91. The Labute approximate surface area is 123 Å². The molecule has 8 nitrogen and oxygen atoms in total. The number of piperazine rings is 1. The van der Waals surface area contributed by atoms with Crippen LogP contribution in [0.4, 0.5) is 5.69 Å². The van der Waals surface area contributed by atoms with Crippen LogP contribution in [0.15, 0.2) is 18.2 Å². The number of amides is 3. The van der Waals surface area contributed by atoms with Gasteiger partial charge in [-0.3, -0.25) is 29.8 Å². The number of imide groups is 1. The lowest BCUT2D eigenvalue weighted by atomic mass is 10.1. The summed E-state index contributed by atoms with van der Waals surface area (Å²) in [4.78, 5) is 46.4. The van der Waals surface area contributed by atoms with E-state index in [1.54, 1.807) is 0 Å². The van der Waals surface area contributed by atoms with Gasteiger partial charge in [0.2, 0.25) is 11.8 Å². The number of benzene rings is 1. The molecule has 1 aliphatic rings. The second kappa shape index (κ2) is 5.49. The maximum atomic E-state index is 12.4. The number of rotatable bonds is 2. The maximum Gasteiger partial charge on any atom is 0.288 e. The fourth-order valence-corrected chi connectivity index (χ4v) is 2.22. The van der Waals surface area contributed by atoms with Gasteiger partial charge in [-0.1, -0.05) is 17.7 Å². The molecule has 1 aromatic carbocycles. The van der Waals surface area contributed by atoms with Crippen molar-refractivity contribution in [1.29, 1.82) is 0 Å². The molecule has 21 heavy (non-hydrogen) atoms. The van der Waals surface area contributed by atoms with Crippen LogP contribution in [0.25, 0.3) is 0 Å². The Morgan fingerprint density at radius 1 is 1.48 bits per heavy atom. The molecule has 1 atom stereocenters. The topological polar surface area (TPSA) is 110 Å². The van der Waals surface area contributed by atoms with Crippen molar-refractivity contribution in [3.63, 3.8) is 0 Å². The van der Waals surface area contributed by atoms with Gasteiger partial charge in [0.25, 0.3) is 11.6 Å². The number of nitro groups is 1. The lowest BCUT2D eigenvalue weighted by Gasteiger charge is -2.31. The third-order valence-electron chi connectivity index (χ3n) is 3.09. The van der Waals surface area contributed by atoms with Gasteiger partial charge in [0.15, 0.2) is 0 Å². The fraction of sp³-hybridized carbons (Fsp3) is 0.250. The summed E-state index contributed by atoms with van der Waals surface area (Å²) in [6.07, 6.45) is 0. The highest BCUT2D eigenvalue weighted by atomic mass is 35.5. The molecule has 1 aliphatic heterocycles. The van der Waals surface area contributed by atoms with Gasteiger partial charge in [-0.15, -0.1) is 0 Å². The van der Waals surface area contributed by atoms with Crippen LogP contribution in [0.3, 0.4) is 0 Å². The van der Waals surface area contributed by atoms with Crippen LogP contribution in [0.1, 0.15) is 17.3 Å². The number of nitrogens with one attached hydrogen (secondary N) is 1. The van der Waals surface area contributed by atoms with Crippen molar-refractivity contribution in [1.82, 2.24) is 10.2 Å². The molecule has 0 saturated carbocycles. The van der Waals surface area contributed by atoms with E-state index >= 15 is 0 Å². The van der Waals surface area contributed by atoms with Crippen molar-refractivity contribution in [3.8, 4) is 0 Å². The second-order valence-corrected chi connectivity index (χ2v) is 4.80. The molecule has 1 unspecified atom stereocenters. The van der Waals surface area contributed by atoms with E-state index in [2.05, 4.69) is 5.32 Å². The molecule has 1 fully saturated rings. The van der Waals surface area contributed by atoms with Crippen LogP contribution in [-0.4, -0.2) is 40.1 Å². The fourth-order valence-electron chi connectivity index (χ4n) is 1.94. The lowest BCUT2D eigenvalue weighted by molar-refractivity contribution is -0.384. The van der Waals surface area contributed by atoms with Crippen molar-refractivity contribution in [2.75, 3.05) is 6.54 Å². The standard InChI is InChI=1S/C12H10ClN3O5/c1-6-11(18)14-9(17)5-15(6)12(19)7-3-2-4-8(10(7)13)16(20)21/h2-4,6H,5H2,1H3,(H,14,17,18). The first-order chi connectivity index (χ1) is 9.82. The van der Waals surface area contributed by atoms with E-state index in [0.29, 0.717) is 0 Å². The predicted molar refractivity (Wildman–Crippen MR) is 71.8 cm³/mol. The Morgan fingerprint density at radius 2 is 2.14 bits per heavy atom. The van der Waals surface area contributed by atoms with Crippen LogP contribution in [0.2, 0.25) is 5.02 Å². The number of hydrogen-bond acceptors (Lipinski definition) is 5. The summed E-state index contributed by atoms with van der Waals surface area (Å²) in [7, 11) is 0. The van der Waals surface area contributed by atoms with E-state index in [0.717, 1.165) is 11.0 Å². The van der Waals surface area contributed by atoms with Gasteiger partial charge in [0, 0.05) is 6.07 Å². The van der Waals surface area contributed by atoms with Crippen LogP contribution in [0.5, 0.6) is 0 Å². The monoisotopic (exact) mass is 311 g/mol. The number of nitrogens with zero attached hydrogens (tertiary/aromatic N) is 2. The third kappa shape index (κ3) is 2.70. The van der Waals surface area contributed by atoms with Crippen LogP contribution < -0.4 is 5.32 Å². The van der Waals surface area contributed by atoms with Crippen LogP contribution in [-0.2, 0) is 9.59 Å². The van der Waals surface area contributed by atoms with Crippen molar-refractivity contribution >= 4 is 35.0 Å². The molecule has 9 heteroatoms. The first kappa shape index (κ1) is 14.9. The van der Waals surface area contributed by atoms with Crippen LogP contribution in [0, 0.1) is 10.1 Å². The lowest BCUT2D eigenvalue weighted by Crippen LogP contribution is -2.58. The Bertz CT molecular complexity index is 660. The molecule has 3 amide bonds. The molecule has 1 aromatic rings. The summed E-state index contributed by atoms with van der Waals surface area (Å²) < 4.78 is 0. The van der Waals surface area contributed by atoms with E-state index in [1.807, 2.05) is 0 Å². The minimum Gasteiger partial charge on any atom is -0.318 e. The maximum absolute atomic E-state index is 12.4. The van der Waals surface area contributed by atoms with Crippen molar-refractivity contribution in [2.45, 2.75) is 13.0 Å². The average molecular weight is 312 g/mol. The minimum atomic E-state index is -0.870. The molecular weight excluding hydrogens is 302 g/mol. The van der Waals surface area contributed by atoms with E-state index in [1.165, 1.54) is 19.1 Å². The van der Waals surface area contributed by atoms with Crippen molar-refractivity contribution < 1.29 is 19.3 Å². The second-order valence-electron chi connectivity index (χ2n) is 4.42. The Morgan fingerprint density at radius 3 is 2.76 bits per heavy atom. The minimum absolute atomic E-state index is 0.125. The number of carbonyl (C=O) groups excluding carboxylic acids is 3. The van der Waals surface area contributed by atoms with Crippen molar-refractivity contribution in [3.05, 3.63) is 38.9 Å². The van der Waals surface area contributed by atoms with Crippen LogP contribution >= 0.6 is 11.6 Å². The van der Waals surface area contributed by atoms with Gasteiger partial charge >= 0.3 is 0 Å². The molecule has 1 N–H and O–H groups in total. The van der Waals surface area contributed by atoms with Gasteiger partial charge < -0.3 is 4.90 Å².